The maximum absolute atomic E-state index is 13.2. The number of piperazine rings is 1. The molecular formula is C21H26N2O6S3. The summed E-state index contributed by atoms with van der Waals surface area (Å²) < 4.78 is 77.0. The standard InChI is InChI=1S/C21H26N2O6S3/c24-30(25)14-9-21(17-30)31(26,27)19-7-4-8-20(15-19)32(28,29)23-12-10-22(11-13-23)16-18-5-2-1-3-6-18/h1-8,15,21H,9-14,16-17H2. The number of rotatable bonds is 6. The molecule has 0 radical (unpaired) electrons. The maximum atomic E-state index is 13.2. The van der Waals surface area contributed by atoms with Crippen molar-refractivity contribution >= 4 is 29.7 Å². The van der Waals surface area contributed by atoms with Gasteiger partial charge in [-0.1, -0.05) is 36.4 Å². The first kappa shape index (κ1) is 23.4. The minimum Gasteiger partial charge on any atom is -0.296 e. The van der Waals surface area contributed by atoms with Crippen LogP contribution in [0.1, 0.15) is 12.0 Å². The molecule has 4 rings (SSSR count). The lowest BCUT2D eigenvalue weighted by Crippen LogP contribution is -2.48. The molecular weight excluding hydrogens is 472 g/mol. The van der Waals surface area contributed by atoms with E-state index >= 15 is 0 Å². The first-order valence-electron chi connectivity index (χ1n) is 10.4. The van der Waals surface area contributed by atoms with Crippen LogP contribution >= 0.6 is 0 Å². The second-order valence-corrected chi connectivity index (χ2v) is 14.6. The van der Waals surface area contributed by atoms with Crippen LogP contribution in [0.15, 0.2) is 64.4 Å². The third-order valence-electron chi connectivity index (χ3n) is 5.98. The van der Waals surface area contributed by atoms with Crippen molar-refractivity contribution in [2.45, 2.75) is 28.0 Å². The number of sulfonamides is 1. The first-order valence-corrected chi connectivity index (χ1v) is 15.2. The highest BCUT2D eigenvalue weighted by Gasteiger charge is 2.38. The first-order chi connectivity index (χ1) is 15.1. The molecule has 0 amide bonds. The van der Waals surface area contributed by atoms with Crippen molar-refractivity contribution in [1.29, 1.82) is 0 Å². The van der Waals surface area contributed by atoms with E-state index in [2.05, 4.69) is 4.90 Å². The van der Waals surface area contributed by atoms with Crippen molar-refractivity contribution in [2.24, 2.45) is 0 Å². The van der Waals surface area contributed by atoms with Gasteiger partial charge in [-0.05, 0) is 30.2 Å². The highest BCUT2D eigenvalue weighted by molar-refractivity contribution is 7.96. The van der Waals surface area contributed by atoms with Gasteiger partial charge in [0.15, 0.2) is 19.7 Å². The van der Waals surface area contributed by atoms with E-state index in [1.165, 1.54) is 22.5 Å². The molecule has 2 aliphatic heterocycles. The molecule has 2 heterocycles. The molecule has 1 unspecified atom stereocenters. The van der Waals surface area contributed by atoms with Gasteiger partial charge >= 0.3 is 0 Å². The van der Waals surface area contributed by atoms with Gasteiger partial charge in [-0.25, -0.2) is 25.3 Å². The molecule has 2 fully saturated rings. The Morgan fingerprint density at radius 2 is 1.50 bits per heavy atom. The monoisotopic (exact) mass is 498 g/mol. The summed E-state index contributed by atoms with van der Waals surface area (Å²) in [6, 6.07) is 15.2. The number of benzene rings is 2. The molecule has 2 saturated heterocycles. The Bertz CT molecular complexity index is 1280. The fourth-order valence-electron chi connectivity index (χ4n) is 4.13. The predicted octanol–water partition coefficient (Wildman–Crippen LogP) is 1.15. The molecule has 2 aliphatic rings. The Hall–Kier alpha value is -1.79. The van der Waals surface area contributed by atoms with Gasteiger partial charge in [0.05, 0.1) is 26.5 Å². The van der Waals surface area contributed by atoms with Crippen molar-refractivity contribution < 1.29 is 25.3 Å². The Kier molecular flexibility index (Phi) is 6.47. The zero-order chi connectivity index (χ0) is 23.0. The minimum atomic E-state index is -3.94. The summed E-state index contributed by atoms with van der Waals surface area (Å²) in [5.74, 6) is -0.585. The summed E-state index contributed by atoms with van der Waals surface area (Å²) in [4.78, 5) is 1.95. The summed E-state index contributed by atoms with van der Waals surface area (Å²) in [5.41, 5.74) is 1.16. The van der Waals surface area contributed by atoms with Crippen molar-refractivity contribution in [1.82, 2.24) is 9.21 Å². The molecule has 174 valence electrons. The summed E-state index contributed by atoms with van der Waals surface area (Å²) in [5, 5.41) is -1.04. The van der Waals surface area contributed by atoms with Crippen LogP contribution in [-0.2, 0) is 36.2 Å². The molecule has 32 heavy (non-hydrogen) atoms. The van der Waals surface area contributed by atoms with Gasteiger partial charge in [0.1, 0.15) is 0 Å². The molecule has 0 bridgehead atoms. The van der Waals surface area contributed by atoms with Crippen LogP contribution < -0.4 is 0 Å². The molecule has 0 N–H and O–H groups in total. The Balaban J connectivity index is 1.48. The molecule has 2 aromatic rings. The van der Waals surface area contributed by atoms with Crippen molar-refractivity contribution in [2.75, 3.05) is 37.7 Å². The fourth-order valence-corrected chi connectivity index (χ4v) is 10.1. The molecule has 0 aliphatic carbocycles. The third-order valence-corrected chi connectivity index (χ3v) is 12.0. The lowest BCUT2D eigenvalue weighted by Gasteiger charge is -2.34. The van der Waals surface area contributed by atoms with E-state index in [9.17, 15) is 25.3 Å². The summed E-state index contributed by atoms with van der Waals surface area (Å²) in [6.07, 6.45) is 0.0328. The summed E-state index contributed by atoms with van der Waals surface area (Å²) in [6.45, 7) is 2.52. The van der Waals surface area contributed by atoms with Crippen LogP contribution in [0, 0.1) is 0 Å². The molecule has 11 heteroatoms. The highest BCUT2D eigenvalue weighted by atomic mass is 32.2. The van der Waals surface area contributed by atoms with Crippen molar-refractivity contribution in [3.63, 3.8) is 0 Å². The number of hydrogen-bond acceptors (Lipinski definition) is 7. The molecule has 0 aromatic heterocycles. The van der Waals surface area contributed by atoms with Crippen LogP contribution in [0.5, 0.6) is 0 Å². The lowest BCUT2D eigenvalue weighted by atomic mass is 10.2. The smallest absolute Gasteiger partial charge is 0.243 e. The molecule has 1 atom stereocenters. The van der Waals surface area contributed by atoms with Crippen LogP contribution in [0.4, 0.5) is 0 Å². The van der Waals surface area contributed by atoms with Crippen LogP contribution in [0.2, 0.25) is 0 Å². The van der Waals surface area contributed by atoms with E-state index in [0.717, 1.165) is 18.2 Å². The Morgan fingerprint density at radius 1 is 0.844 bits per heavy atom. The van der Waals surface area contributed by atoms with Crippen LogP contribution in [0.3, 0.4) is 0 Å². The Labute approximate surface area is 189 Å². The van der Waals surface area contributed by atoms with E-state index in [1.807, 2.05) is 30.3 Å². The zero-order valence-electron chi connectivity index (χ0n) is 17.5. The van der Waals surface area contributed by atoms with Gasteiger partial charge in [-0.15, -0.1) is 0 Å². The average molecular weight is 499 g/mol. The maximum Gasteiger partial charge on any atom is 0.243 e. The second-order valence-electron chi connectivity index (χ2n) is 8.21. The molecule has 0 spiro atoms. The Morgan fingerprint density at radius 3 is 2.12 bits per heavy atom. The quantitative estimate of drug-likeness (QED) is 0.588. The summed E-state index contributed by atoms with van der Waals surface area (Å²) >= 11 is 0. The van der Waals surface area contributed by atoms with Crippen LogP contribution in [-0.4, -0.2) is 77.4 Å². The average Bonchev–Trinajstić information content (AvgIpc) is 3.15. The SMILES string of the molecule is O=S1(=O)CCC(S(=O)(=O)c2cccc(S(=O)(=O)N3CCN(Cc4ccccc4)CC3)c2)C1. The van der Waals surface area contributed by atoms with E-state index in [4.69, 9.17) is 0 Å². The predicted molar refractivity (Wildman–Crippen MR) is 121 cm³/mol. The second kappa shape index (κ2) is 8.86. The molecule has 8 nitrogen and oxygen atoms in total. The van der Waals surface area contributed by atoms with Gasteiger partial charge in [-0.3, -0.25) is 4.90 Å². The lowest BCUT2D eigenvalue weighted by molar-refractivity contribution is 0.181. The summed E-state index contributed by atoms with van der Waals surface area (Å²) in [7, 11) is -11.2. The van der Waals surface area contributed by atoms with Gasteiger partial charge in [0.25, 0.3) is 0 Å². The molecule has 2 aromatic carbocycles. The van der Waals surface area contributed by atoms with Crippen LogP contribution in [0.25, 0.3) is 0 Å². The molecule has 0 saturated carbocycles. The van der Waals surface area contributed by atoms with E-state index in [1.54, 1.807) is 0 Å². The van der Waals surface area contributed by atoms with Gasteiger partial charge in [0, 0.05) is 32.7 Å². The van der Waals surface area contributed by atoms with Gasteiger partial charge < -0.3 is 0 Å². The number of nitrogens with zero attached hydrogens (tertiary/aromatic N) is 2. The van der Waals surface area contributed by atoms with Gasteiger partial charge in [-0.2, -0.15) is 4.31 Å². The van der Waals surface area contributed by atoms with E-state index < -0.39 is 40.7 Å². The zero-order valence-corrected chi connectivity index (χ0v) is 19.9. The normalized spacial score (nSPS) is 22.7. The fraction of sp³-hybridized carbons (Fsp3) is 0.429. The third kappa shape index (κ3) is 4.91. The largest absolute Gasteiger partial charge is 0.296 e. The van der Waals surface area contributed by atoms with E-state index in [-0.39, 0.29) is 22.0 Å². The highest BCUT2D eigenvalue weighted by Crippen LogP contribution is 2.28. The van der Waals surface area contributed by atoms with Crippen molar-refractivity contribution in [3.05, 3.63) is 60.2 Å². The van der Waals surface area contributed by atoms with E-state index in [0.29, 0.717) is 26.2 Å². The van der Waals surface area contributed by atoms with Crippen molar-refractivity contribution in [3.8, 4) is 0 Å². The topological polar surface area (TPSA) is 109 Å². The van der Waals surface area contributed by atoms with Gasteiger partial charge in [0.2, 0.25) is 10.0 Å². The number of sulfone groups is 2. The number of hydrogen-bond donors (Lipinski definition) is 0. The minimum absolute atomic E-state index is 0.0328.